The molecule has 0 unspecified atom stereocenters. The number of ether oxygens (including phenoxy) is 1. The van der Waals surface area contributed by atoms with E-state index in [-0.39, 0.29) is 46.8 Å². The highest BCUT2D eigenvalue weighted by atomic mass is 32.2. The Bertz CT molecular complexity index is 992. The normalized spacial score (nSPS) is 10.5. The lowest BCUT2D eigenvalue weighted by molar-refractivity contribution is 0.102. The number of thioether (sulfide) groups is 1. The molecule has 0 bridgehead atoms. The maximum absolute atomic E-state index is 12.4. The number of H-pyrrole nitrogens is 1. The number of nitriles is 1. The van der Waals surface area contributed by atoms with Crippen molar-refractivity contribution in [2.24, 2.45) is 0 Å². The molecule has 2 aromatic rings. The van der Waals surface area contributed by atoms with Crippen LogP contribution in [0.3, 0.4) is 0 Å². The Hall–Kier alpha value is -3.17. The summed E-state index contributed by atoms with van der Waals surface area (Å²) in [7, 11) is 1.44. The third kappa shape index (κ3) is 4.08. The van der Waals surface area contributed by atoms with Crippen LogP contribution in [-0.2, 0) is 11.3 Å². The Labute approximate surface area is 151 Å². The topological polar surface area (TPSA) is 183 Å². The zero-order valence-corrected chi connectivity index (χ0v) is 14.5. The molecule has 0 saturated heterocycles. The molecule has 0 aliphatic carbocycles. The smallest absolute Gasteiger partial charge is 0.330 e. The molecule has 0 atom stereocenters. The summed E-state index contributed by atoms with van der Waals surface area (Å²) in [5.41, 5.74) is 9.61. The van der Waals surface area contributed by atoms with Crippen molar-refractivity contribution in [1.29, 1.82) is 5.26 Å². The first kappa shape index (κ1) is 19.2. The van der Waals surface area contributed by atoms with Gasteiger partial charge in [0, 0.05) is 7.11 Å². The van der Waals surface area contributed by atoms with E-state index >= 15 is 0 Å². The summed E-state index contributed by atoms with van der Waals surface area (Å²) in [6, 6.07) is 1.83. The van der Waals surface area contributed by atoms with Crippen molar-refractivity contribution in [2.45, 2.75) is 11.7 Å². The second kappa shape index (κ2) is 8.28. The molecule has 0 aromatic carbocycles. The van der Waals surface area contributed by atoms with Gasteiger partial charge in [0.1, 0.15) is 28.8 Å². The number of methoxy groups -OCH3 is 1. The van der Waals surface area contributed by atoms with Crippen molar-refractivity contribution < 1.29 is 9.53 Å². The molecule has 11 nitrogen and oxygen atoms in total. The number of anilines is 2. The molecule has 5 N–H and O–H groups in total. The van der Waals surface area contributed by atoms with Gasteiger partial charge in [-0.3, -0.25) is 19.1 Å². The molecule has 26 heavy (non-hydrogen) atoms. The van der Waals surface area contributed by atoms with E-state index in [0.29, 0.717) is 0 Å². The highest BCUT2D eigenvalue weighted by Gasteiger charge is 2.20. The van der Waals surface area contributed by atoms with Crippen LogP contribution in [0.15, 0.2) is 20.9 Å². The number of nitrogens with two attached hydrogens (primary N) is 2. The summed E-state index contributed by atoms with van der Waals surface area (Å²) in [5, 5.41) is 8.95. The third-order valence-corrected chi connectivity index (χ3v) is 4.15. The summed E-state index contributed by atoms with van der Waals surface area (Å²) >= 11 is 0.920. The maximum Gasteiger partial charge on any atom is 0.330 e. The Morgan fingerprint density at radius 2 is 2.19 bits per heavy atom. The van der Waals surface area contributed by atoms with Crippen LogP contribution in [0.25, 0.3) is 0 Å². The lowest BCUT2D eigenvalue weighted by Crippen LogP contribution is -2.37. The lowest BCUT2D eigenvalue weighted by Gasteiger charge is -2.11. The standard InChI is InChI=1S/C14H15N7O4S/c1-25-3-2-21-11(17)9(12(23)20-14(21)24)8(22)6-26-13-18-5-7(4-15)10(16)19-13/h5H,2-3,6,17H2,1H3,(H2,16,18,19)(H,20,23,24). The number of Topliss-reactive ketones (excluding diaryl/α,β-unsaturated/α-hetero) is 1. The Morgan fingerprint density at radius 3 is 2.81 bits per heavy atom. The zero-order chi connectivity index (χ0) is 19.3. The maximum atomic E-state index is 12.4. The molecule has 12 heteroatoms. The van der Waals surface area contributed by atoms with Gasteiger partial charge in [-0.05, 0) is 0 Å². The second-order valence-corrected chi connectivity index (χ2v) is 5.88. The van der Waals surface area contributed by atoms with E-state index < -0.39 is 17.0 Å². The molecule has 0 radical (unpaired) electrons. The molecular weight excluding hydrogens is 362 g/mol. The van der Waals surface area contributed by atoms with Gasteiger partial charge in [-0.15, -0.1) is 0 Å². The fourth-order valence-corrected chi connectivity index (χ4v) is 2.69. The largest absolute Gasteiger partial charge is 0.384 e. The number of nitrogens with zero attached hydrogens (tertiary/aromatic N) is 4. The molecule has 0 aliphatic rings. The molecule has 2 heterocycles. The van der Waals surface area contributed by atoms with Crippen molar-refractivity contribution in [3.8, 4) is 6.07 Å². The monoisotopic (exact) mass is 377 g/mol. The van der Waals surface area contributed by atoms with Crippen LogP contribution in [0.5, 0.6) is 0 Å². The molecular formula is C14H15N7O4S. The average Bonchev–Trinajstić information content (AvgIpc) is 2.59. The van der Waals surface area contributed by atoms with Gasteiger partial charge in [0.05, 0.1) is 25.1 Å². The van der Waals surface area contributed by atoms with Crippen molar-refractivity contribution in [1.82, 2.24) is 19.5 Å². The Balaban J connectivity index is 2.24. The van der Waals surface area contributed by atoms with E-state index in [0.717, 1.165) is 16.3 Å². The van der Waals surface area contributed by atoms with Crippen LogP contribution < -0.4 is 22.7 Å². The number of nitrogens with one attached hydrogen (secondary N) is 1. The van der Waals surface area contributed by atoms with E-state index in [9.17, 15) is 14.4 Å². The van der Waals surface area contributed by atoms with Gasteiger partial charge in [-0.25, -0.2) is 14.8 Å². The number of hydrogen-bond acceptors (Lipinski definition) is 10. The minimum absolute atomic E-state index is 0.0112. The van der Waals surface area contributed by atoms with Crippen LogP contribution in [0.4, 0.5) is 11.6 Å². The minimum atomic E-state index is -0.868. The van der Waals surface area contributed by atoms with Gasteiger partial charge in [-0.1, -0.05) is 11.8 Å². The van der Waals surface area contributed by atoms with E-state index in [1.54, 1.807) is 0 Å². The van der Waals surface area contributed by atoms with Gasteiger partial charge in [0.15, 0.2) is 10.9 Å². The SMILES string of the molecule is COCCn1c(N)c(C(=O)CSc2ncc(C#N)c(N)n2)c(=O)[nH]c1=O. The number of aromatic amines is 1. The van der Waals surface area contributed by atoms with Crippen molar-refractivity contribution in [3.63, 3.8) is 0 Å². The van der Waals surface area contributed by atoms with Gasteiger partial charge in [0.2, 0.25) is 0 Å². The third-order valence-electron chi connectivity index (χ3n) is 3.29. The van der Waals surface area contributed by atoms with Crippen LogP contribution in [0.2, 0.25) is 0 Å². The fourth-order valence-electron chi connectivity index (χ4n) is 2.00. The van der Waals surface area contributed by atoms with Crippen molar-refractivity contribution >= 4 is 29.2 Å². The Morgan fingerprint density at radius 1 is 1.46 bits per heavy atom. The summed E-state index contributed by atoms with van der Waals surface area (Å²) in [4.78, 5) is 46.0. The average molecular weight is 377 g/mol. The minimum Gasteiger partial charge on any atom is -0.384 e. The van der Waals surface area contributed by atoms with Crippen molar-refractivity contribution in [2.75, 3.05) is 30.9 Å². The van der Waals surface area contributed by atoms with Crippen LogP contribution in [0.1, 0.15) is 15.9 Å². The summed E-state index contributed by atoms with van der Waals surface area (Å²) in [5.74, 6) is -1.06. The molecule has 0 spiro atoms. The predicted molar refractivity (Wildman–Crippen MR) is 93.8 cm³/mol. The molecule has 0 aliphatic heterocycles. The zero-order valence-electron chi connectivity index (χ0n) is 13.7. The number of nitrogen functional groups attached to an aromatic ring is 2. The van der Waals surface area contributed by atoms with Gasteiger partial charge in [0.25, 0.3) is 5.56 Å². The van der Waals surface area contributed by atoms with E-state index in [2.05, 4.69) is 15.0 Å². The van der Waals surface area contributed by atoms with Crippen LogP contribution in [0, 0.1) is 11.3 Å². The predicted octanol–water partition coefficient (Wildman–Crippen LogP) is -1.02. The number of aromatic nitrogens is 4. The summed E-state index contributed by atoms with van der Waals surface area (Å²) < 4.78 is 5.93. The number of hydrogen-bond donors (Lipinski definition) is 3. The Kier molecular flexibility index (Phi) is 6.10. The van der Waals surface area contributed by atoms with E-state index in [1.807, 2.05) is 6.07 Å². The lowest BCUT2D eigenvalue weighted by atomic mass is 10.2. The molecule has 0 saturated carbocycles. The number of rotatable bonds is 7. The van der Waals surface area contributed by atoms with Crippen LogP contribution in [-0.4, -0.2) is 44.8 Å². The molecule has 136 valence electrons. The van der Waals surface area contributed by atoms with Crippen LogP contribution >= 0.6 is 11.8 Å². The molecule has 0 amide bonds. The van der Waals surface area contributed by atoms with Gasteiger partial charge < -0.3 is 16.2 Å². The van der Waals surface area contributed by atoms with E-state index in [4.69, 9.17) is 21.5 Å². The molecule has 0 fully saturated rings. The summed E-state index contributed by atoms with van der Waals surface area (Å²) in [6.07, 6.45) is 1.24. The highest BCUT2D eigenvalue weighted by molar-refractivity contribution is 7.99. The first-order valence-corrected chi connectivity index (χ1v) is 8.17. The second-order valence-electron chi connectivity index (χ2n) is 4.94. The molecule has 2 aromatic heterocycles. The van der Waals surface area contributed by atoms with Crippen molar-refractivity contribution in [3.05, 3.63) is 38.2 Å². The number of carbonyl (C=O) groups is 1. The number of ketones is 1. The van der Waals surface area contributed by atoms with E-state index in [1.165, 1.54) is 13.3 Å². The first-order valence-electron chi connectivity index (χ1n) is 7.19. The van der Waals surface area contributed by atoms with Gasteiger partial charge >= 0.3 is 5.69 Å². The number of carbonyl (C=O) groups excluding carboxylic acids is 1. The summed E-state index contributed by atoms with van der Waals surface area (Å²) in [6.45, 7) is 0.261. The fraction of sp³-hybridized carbons (Fsp3) is 0.286. The highest BCUT2D eigenvalue weighted by Crippen LogP contribution is 2.18. The molecule has 2 rings (SSSR count). The van der Waals surface area contributed by atoms with Gasteiger partial charge in [-0.2, -0.15) is 5.26 Å². The first-order chi connectivity index (χ1) is 12.4. The quantitative estimate of drug-likeness (QED) is 0.307.